The van der Waals surface area contributed by atoms with E-state index in [1.807, 2.05) is 6.07 Å². The molecule has 0 radical (unpaired) electrons. The van der Waals surface area contributed by atoms with E-state index in [1.165, 1.54) is 60.6 Å². The van der Waals surface area contributed by atoms with Crippen LogP contribution in [0.5, 0.6) is 17.2 Å². The highest BCUT2D eigenvalue weighted by atomic mass is 32.2. The lowest BCUT2D eigenvalue weighted by Gasteiger charge is -2.38. The van der Waals surface area contributed by atoms with Crippen LogP contribution in [-0.2, 0) is 20.7 Å². The van der Waals surface area contributed by atoms with Gasteiger partial charge >= 0.3 is 0 Å². The molecular weight excluding hydrogens is 600 g/mol. The highest BCUT2D eigenvalue weighted by molar-refractivity contribution is 7.89. The average Bonchev–Trinajstić information content (AvgIpc) is 3.05. The largest absolute Gasteiger partial charge is 0.493 e. The zero-order valence-electron chi connectivity index (χ0n) is 25.5. The Balaban J connectivity index is 1.39. The van der Waals surface area contributed by atoms with E-state index in [0.717, 1.165) is 32.0 Å². The highest BCUT2D eigenvalue weighted by Crippen LogP contribution is 2.39. The van der Waals surface area contributed by atoms with Crippen molar-refractivity contribution in [3.05, 3.63) is 84.4 Å². The van der Waals surface area contributed by atoms with Crippen LogP contribution in [0.1, 0.15) is 50.5 Å². The summed E-state index contributed by atoms with van der Waals surface area (Å²) in [6.07, 6.45) is 6.68. The van der Waals surface area contributed by atoms with Crippen molar-refractivity contribution in [3.8, 4) is 17.2 Å². The van der Waals surface area contributed by atoms with E-state index >= 15 is 8.78 Å². The number of amides is 1. The minimum absolute atomic E-state index is 0.148. The van der Waals surface area contributed by atoms with Gasteiger partial charge < -0.3 is 20.1 Å². The third-order valence-electron chi connectivity index (χ3n) is 8.72. The maximum Gasteiger partial charge on any atom is 0.298 e. The number of hydrogen-bond donors (Lipinski definition) is 1. The second-order valence-corrected chi connectivity index (χ2v) is 13.9. The van der Waals surface area contributed by atoms with Crippen LogP contribution in [0.25, 0.3) is 0 Å². The van der Waals surface area contributed by atoms with Gasteiger partial charge in [-0.2, -0.15) is 13.1 Å². The van der Waals surface area contributed by atoms with E-state index < -0.39 is 33.5 Å². The number of benzene rings is 3. The summed E-state index contributed by atoms with van der Waals surface area (Å²) in [6, 6.07) is 17.2. The monoisotopic (exact) mass is 641 g/mol. The summed E-state index contributed by atoms with van der Waals surface area (Å²) in [7, 11) is -3.49. The highest BCUT2D eigenvalue weighted by Gasteiger charge is 2.53. The second-order valence-electron chi connectivity index (χ2n) is 11.9. The Hall–Kier alpha value is -3.54. The number of carbonyl (C=O) groups excluding carboxylic acids is 1. The first-order valence-corrected chi connectivity index (χ1v) is 17.0. The minimum atomic E-state index is -4.52. The van der Waals surface area contributed by atoms with Gasteiger partial charge in [0.1, 0.15) is 17.2 Å². The molecule has 2 aliphatic rings. The molecule has 1 aliphatic heterocycles. The zero-order chi connectivity index (χ0) is 32.0. The van der Waals surface area contributed by atoms with Gasteiger partial charge in [0.2, 0.25) is 15.9 Å². The standard InChI is InChI=1S/C34H41F2N3O5S/c1-38(45(41,42)31-18-16-28(17-19-31)43-24-25-8-4-2-5-9-25)32(33(40)39-22-20-27(37)21-23-39)34(35,36)26-12-14-30(15-13-26)44-29-10-6-3-7-11-29/h3,6-7,10-19,25,27,32H,2,4-5,8-9,20-24,37H2,1H3/t32-/m1/s1. The molecule has 3 aromatic rings. The number of likely N-dealkylation sites (N-methyl/N-ethyl adjacent to an activating group) is 1. The number of para-hydroxylation sites is 1. The van der Waals surface area contributed by atoms with Crippen molar-refractivity contribution in [3.63, 3.8) is 0 Å². The smallest absolute Gasteiger partial charge is 0.298 e. The lowest BCUT2D eigenvalue weighted by Crippen LogP contribution is -2.58. The molecule has 2 N–H and O–H groups in total. The van der Waals surface area contributed by atoms with Crippen molar-refractivity contribution >= 4 is 15.9 Å². The van der Waals surface area contributed by atoms with E-state index in [-0.39, 0.29) is 24.0 Å². The van der Waals surface area contributed by atoms with Gasteiger partial charge in [-0.05, 0) is 92.3 Å². The van der Waals surface area contributed by atoms with E-state index in [2.05, 4.69) is 0 Å². The number of nitrogens with two attached hydrogens (primary N) is 1. The number of nitrogens with zero attached hydrogens (tertiary/aromatic N) is 2. The van der Waals surface area contributed by atoms with E-state index in [0.29, 0.717) is 46.9 Å². The molecule has 1 amide bonds. The second kappa shape index (κ2) is 14.3. The number of piperidine rings is 1. The summed E-state index contributed by atoms with van der Waals surface area (Å²) in [5.74, 6) is -3.04. The lowest BCUT2D eigenvalue weighted by molar-refractivity contribution is -0.151. The molecule has 1 atom stereocenters. The van der Waals surface area contributed by atoms with Crippen LogP contribution >= 0.6 is 0 Å². The molecule has 0 bridgehead atoms. The summed E-state index contributed by atoms with van der Waals surface area (Å²) < 4.78 is 72.7. The van der Waals surface area contributed by atoms with Crippen molar-refractivity contribution < 1.29 is 31.5 Å². The Morgan fingerprint density at radius 3 is 2.09 bits per heavy atom. The quantitative estimate of drug-likeness (QED) is 0.269. The molecule has 3 aromatic carbocycles. The first kappa shape index (κ1) is 32.8. The van der Waals surface area contributed by atoms with E-state index in [1.54, 1.807) is 24.3 Å². The molecule has 242 valence electrons. The maximum absolute atomic E-state index is 16.5. The number of likely N-dealkylation sites (tertiary alicyclic amines) is 1. The summed E-state index contributed by atoms with van der Waals surface area (Å²) in [4.78, 5) is 14.9. The first-order chi connectivity index (χ1) is 21.6. The number of rotatable bonds is 11. The third-order valence-corrected chi connectivity index (χ3v) is 10.6. The van der Waals surface area contributed by atoms with Crippen molar-refractivity contribution in [2.75, 3.05) is 26.7 Å². The van der Waals surface area contributed by atoms with Crippen LogP contribution < -0.4 is 15.2 Å². The maximum atomic E-state index is 16.5. The molecule has 1 saturated heterocycles. The normalized spacial score (nSPS) is 17.7. The number of carbonyl (C=O) groups is 1. The summed E-state index contributed by atoms with van der Waals surface area (Å²) in [5.41, 5.74) is 5.48. The average molecular weight is 642 g/mol. The Bertz CT molecular complexity index is 1510. The van der Waals surface area contributed by atoms with Crippen LogP contribution in [0.15, 0.2) is 83.8 Å². The Kier molecular flexibility index (Phi) is 10.4. The summed E-state index contributed by atoms with van der Waals surface area (Å²) in [6.45, 7) is 0.873. The molecule has 45 heavy (non-hydrogen) atoms. The number of hydrogen-bond acceptors (Lipinski definition) is 6. The fourth-order valence-electron chi connectivity index (χ4n) is 5.94. The van der Waals surface area contributed by atoms with Crippen LogP contribution in [0, 0.1) is 5.92 Å². The summed E-state index contributed by atoms with van der Waals surface area (Å²) in [5, 5.41) is 0. The number of alkyl halides is 2. The third kappa shape index (κ3) is 7.82. The van der Waals surface area contributed by atoms with Gasteiger partial charge in [-0.15, -0.1) is 0 Å². The Labute approximate surface area is 264 Å². The Morgan fingerprint density at radius 1 is 0.889 bits per heavy atom. The molecule has 0 unspecified atom stereocenters. The van der Waals surface area contributed by atoms with Crippen molar-refractivity contribution in [1.29, 1.82) is 0 Å². The number of halogens is 2. The first-order valence-electron chi connectivity index (χ1n) is 15.5. The lowest BCUT2D eigenvalue weighted by atomic mass is 9.90. The van der Waals surface area contributed by atoms with Gasteiger partial charge in [-0.3, -0.25) is 4.79 Å². The van der Waals surface area contributed by atoms with Crippen molar-refractivity contribution in [2.45, 2.75) is 67.8 Å². The molecular formula is C34H41F2N3O5S. The number of ether oxygens (including phenoxy) is 2. The SMILES string of the molecule is CN([C@H](C(=O)N1CCC(N)CC1)C(F)(F)c1ccc(Oc2ccccc2)cc1)S(=O)(=O)c1ccc(OCC2CCCCC2)cc1. The van der Waals surface area contributed by atoms with Crippen LogP contribution in [0.2, 0.25) is 0 Å². The van der Waals surface area contributed by atoms with E-state index in [9.17, 15) is 13.2 Å². The predicted octanol–water partition coefficient (Wildman–Crippen LogP) is 6.17. The fraction of sp³-hybridized carbons (Fsp3) is 0.441. The van der Waals surface area contributed by atoms with E-state index in [4.69, 9.17) is 15.2 Å². The van der Waals surface area contributed by atoms with Gasteiger partial charge in [0.25, 0.3) is 5.92 Å². The molecule has 2 fully saturated rings. The molecule has 0 spiro atoms. The molecule has 11 heteroatoms. The van der Waals surface area contributed by atoms with Crippen LogP contribution in [0.4, 0.5) is 8.78 Å². The van der Waals surface area contributed by atoms with Gasteiger partial charge in [0, 0.05) is 31.7 Å². The van der Waals surface area contributed by atoms with Crippen LogP contribution in [-0.4, -0.2) is 62.4 Å². The van der Waals surface area contributed by atoms with Gasteiger partial charge in [0.15, 0.2) is 6.04 Å². The molecule has 1 saturated carbocycles. The predicted molar refractivity (Wildman–Crippen MR) is 168 cm³/mol. The number of sulfonamides is 1. The summed E-state index contributed by atoms with van der Waals surface area (Å²) >= 11 is 0. The van der Waals surface area contributed by atoms with Crippen molar-refractivity contribution in [1.82, 2.24) is 9.21 Å². The molecule has 5 rings (SSSR count). The molecule has 8 nitrogen and oxygen atoms in total. The molecule has 1 heterocycles. The van der Waals surface area contributed by atoms with Gasteiger partial charge in [-0.25, -0.2) is 8.42 Å². The van der Waals surface area contributed by atoms with Crippen molar-refractivity contribution in [2.24, 2.45) is 11.7 Å². The van der Waals surface area contributed by atoms with Crippen LogP contribution in [0.3, 0.4) is 0 Å². The zero-order valence-corrected chi connectivity index (χ0v) is 26.3. The topological polar surface area (TPSA) is 102 Å². The van der Waals surface area contributed by atoms with Gasteiger partial charge in [0.05, 0.1) is 11.5 Å². The molecule has 1 aliphatic carbocycles. The molecule has 0 aromatic heterocycles. The fourth-order valence-corrected chi connectivity index (χ4v) is 7.25. The van der Waals surface area contributed by atoms with Gasteiger partial charge in [-0.1, -0.05) is 37.5 Å². The Morgan fingerprint density at radius 2 is 1.47 bits per heavy atom. The minimum Gasteiger partial charge on any atom is -0.493 e.